The lowest BCUT2D eigenvalue weighted by molar-refractivity contribution is -0.115. The number of anilines is 1. The molecular weight excluding hydrogens is 387 g/mol. The summed E-state index contributed by atoms with van der Waals surface area (Å²) >= 11 is 12.9. The molecule has 0 spiro atoms. The molecule has 130 valence electrons. The van der Waals surface area contributed by atoms with Gasteiger partial charge in [0.15, 0.2) is 5.82 Å². The van der Waals surface area contributed by atoms with Gasteiger partial charge in [0.25, 0.3) is 11.1 Å². The van der Waals surface area contributed by atoms with Crippen LogP contribution in [0.15, 0.2) is 38.6 Å². The molecule has 1 amide bonds. The highest BCUT2D eigenvalue weighted by Crippen LogP contribution is 2.29. The first-order valence-corrected chi connectivity index (χ1v) is 8.74. The molecule has 0 saturated carbocycles. The summed E-state index contributed by atoms with van der Waals surface area (Å²) in [5.74, 6) is 0.947. The van der Waals surface area contributed by atoms with Gasteiger partial charge in [0, 0.05) is 6.20 Å². The van der Waals surface area contributed by atoms with Gasteiger partial charge in [0.05, 0.1) is 27.1 Å². The summed E-state index contributed by atoms with van der Waals surface area (Å²) in [6, 6.07) is 3.24. The van der Waals surface area contributed by atoms with E-state index in [1.54, 1.807) is 26.2 Å². The van der Waals surface area contributed by atoms with E-state index < -0.39 is 5.25 Å². The van der Waals surface area contributed by atoms with Crippen LogP contribution < -0.4 is 5.32 Å². The number of carbonyl (C=O) groups is 1. The maximum absolute atomic E-state index is 12.3. The average Bonchev–Trinajstić information content (AvgIpc) is 3.18. The molecule has 0 aliphatic heterocycles. The smallest absolute Gasteiger partial charge is 0.277 e. The minimum absolute atomic E-state index is 0.240. The van der Waals surface area contributed by atoms with Crippen molar-refractivity contribution in [2.24, 2.45) is 0 Å². The van der Waals surface area contributed by atoms with Crippen LogP contribution in [0.2, 0.25) is 10.0 Å². The Morgan fingerprint density at radius 3 is 2.84 bits per heavy atom. The third-order valence-electron chi connectivity index (χ3n) is 3.19. The van der Waals surface area contributed by atoms with Crippen LogP contribution in [0.25, 0.3) is 11.5 Å². The van der Waals surface area contributed by atoms with Crippen molar-refractivity contribution < 1.29 is 13.6 Å². The maximum atomic E-state index is 12.3. The van der Waals surface area contributed by atoms with Crippen molar-refractivity contribution >= 4 is 46.7 Å². The number of nitrogens with zero attached hydrogens (tertiary/aromatic N) is 3. The molecule has 0 bridgehead atoms. The van der Waals surface area contributed by atoms with Crippen molar-refractivity contribution in [1.29, 1.82) is 0 Å². The van der Waals surface area contributed by atoms with Crippen LogP contribution in [0.1, 0.15) is 12.7 Å². The summed E-state index contributed by atoms with van der Waals surface area (Å²) in [7, 11) is 0. The molecule has 0 radical (unpaired) electrons. The number of hydrogen-bond donors (Lipinski definition) is 1. The molecule has 1 N–H and O–H groups in total. The van der Waals surface area contributed by atoms with Gasteiger partial charge in [0.1, 0.15) is 5.76 Å². The van der Waals surface area contributed by atoms with Gasteiger partial charge in [-0.1, -0.05) is 35.0 Å². The fraction of sp³-hybridized carbons (Fsp3) is 0.200. The van der Waals surface area contributed by atoms with Gasteiger partial charge in [-0.2, -0.15) is 0 Å². The second-order valence-electron chi connectivity index (χ2n) is 5.00. The molecule has 7 nitrogen and oxygen atoms in total. The SMILES string of the molecule is Cc1occc1-c1nnc(S[C@H](C)C(=O)Nc2ncc(Cl)cc2Cl)o1. The molecular formula is C15H12Cl2N4O3S. The lowest BCUT2D eigenvalue weighted by Crippen LogP contribution is -2.23. The fourth-order valence-corrected chi connectivity index (χ4v) is 3.01. The van der Waals surface area contributed by atoms with Crippen LogP contribution in [0.3, 0.4) is 0 Å². The summed E-state index contributed by atoms with van der Waals surface area (Å²) < 4.78 is 10.8. The number of amides is 1. The van der Waals surface area contributed by atoms with E-state index in [2.05, 4.69) is 20.5 Å². The summed E-state index contributed by atoms with van der Waals surface area (Å²) in [6.07, 6.45) is 2.94. The number of rotatable bonds is 5. The fourth-order valence-electron chi connectivity index (χ4n) is 1.90. The highest BCUT2D eigenvalue weighted by atomic mass is 35.5. The van der Waals surface area contributed by atoms with Gasteiger partial charge >= 0.3 is 0 Å². The average molecular weight is 399 g/mol. The monoisotopic (exact) mass is 398 g/mol. The molecule has 3 aromatic heterocycles. The van der Waals surface area contributed by atoms with E-state index in [0.717, 1.165) is 11.8 Å². The Hall–Kier alpha value is -2.03. The quantitative estimate of drug-likeness (QED) is 0.633. The molecule has 0 aliphatic carbocycles. The van der Waals surface area contributed by atoms with E-state index in [-0.39, 0.29) is 22.0 Å². The minimum Gasteiger partial charge on any atom is -0.469 e. The molecule has 25 heavy (non-hydrogen) atoms. The van der Waals surface area contributed by atoms with Crippen LogP contribution in [-0.2, 0) is 4.79 Å². The Morgan fingerprint density at radius 2 is 2.16 bits per heavy atom. The van der Waals surface area contributed by atoms with E-state index in [1.165, 1.54) is 12.3 Å². The summed E-state index contributed by atoms with van der Waals surface area (Å²) in [4.78, 5) is 16.3. The number of thioether (sulfide) groups is 1. The Balaban J connectivity index is 1.66. The number of nitrogens with one attached hydrogen (secondary N) is 1. The molecule has 3 heterocycles. The summed E-state index contributed by atoms with van der Waals surface area (Å²) in [6.45, 7) is 3.50. The van der Waals surface area contributed by atoms with E-state index in [1.807, 2.05) is 0 Å². The zero-order chi connectivity index (χ0) is 18.0. The first-order valence-electron chi connectivity index (χ1n) is 7.10. The lowest BCUT2D eigenvalue weighted by atomic mass is 10.3. The molecule has 3 aromatic rings. The van der Waals surface area contributed by atoms with E-state index in [4.69, 9.17) is 32.0 Å². The van der Waals surface area contributed by atoms with Crippen LogP contribution in [0, 0.1) is 6.92 Å². The zero-order valence-corrected chi connectivity index (χ0v) is 15.4. The molecule has 0 unspecified atom stereocenters. The highest BCUT2D eigenvalue weighted by Gasteiger charge is 2.21. The standard InChI is InChI=1S/C15H12Cl2N4O3S/c1-7-10(3-4-23-7)14-20-21-15(24-14)25-8(2)13(22)19-12-11(17)5-9(16)6-18-12/h3-6,8H,1-2H3,(H,18,19,22)/t8-/m1/s1. The predicted octanol–water partition coefficient (Wildman–Crippen LogP) is 4.46. The minimum atomic E-state index is -0.507. The first-order chi connectivity index (χ1) is 11.9. The van der Waals surface area contributed by atoms with E-state index >= 15 is 0 Å². The van der Waals surface area contributed by atoms with Crippen molar-refractivity contribution in [2.45, 2.75) is 24.3 Å². The third kappa shape index (κ3) is 4.15. The normalized spacial score (nSPS) is 12.2. The van der Waals surface area contributed by atoms with Crippen molar-refractivity contribution in [2.75, 3.05) is 5.32 Å². The molecule has 0 aromatic carbocycles. The molecule has 1 atom stereocenters. The van der Waals surface area contributed by atoms with Crippen LogP contribution in [-0.4, -0.2) is 26.3 Å². The largest absolute Gasteiger partial charge is 0.469 e. The van der Waals surface area contributed by atoms with Crippen LogP contribution >= 0.6 is 35.0 Å². The molecule has 0 fully saturated rings. The second-order valence-corrected chi connectivity index (χ2v) is 7.13. The molecule has 0 saturated heterocycles. The van der Waals surface area contributed by atoms with Gasteiger partial charge < -0.3 is 14.2 Å². The van der Waals surface area contributed by atoms with Crippen LogP contribution in [0.5, 0.6) is 0 Å². The number of halogens is 2. The predicted molar refractivity (Wildman–Crippen MR) is 94.9 cm³/mol. The number of hydrogen-bond acceptors (Lipinski definition) is 7. The zero-order valence-electron chi connectivity index (χ0n) is 13.1. The van der Waals surface area contributed by atoms with Gasteiger partial charge in [-0.05, 0) is 26.0 Å². The topological polar surface area (TPSA) is 94.0 Å². The van der Waals surface area contributed by atoms with Crippen molar-refractivity contribution in [3.8, 4) is 11.5 Å². The first kappa shape index (κ1) is 17.8. The number of furan rings is 1. The van der Waals surface area contributed by atoms with Gasteiger partial charge in [-0.15, -0.1) is 10.2 Å². The van der Waals surface area contributed by atoms with E-state index in [0.29, 0.717) is 22.2 Å². The number of aryl methyl sites for hydroxylation is 1. The number of pyridine rings is 1. The maximum Gasteiger partial charge on any atom is 0.277 e. The number of carbonyl (C=O) groups excluding carboxylic acids is 1. The number of aromatic nitrogens is 3. The van der Waals surface area contributed by atoms with Gasteiger partial charge in [-0.3, -0.25) is 4.79 Å². The van der Waals surface area contributed by atoms with E-state index in [9.17, 15) is 4.79 Å². The van der Waals surface area contributed by atoms with Crippen molar-refractivity contribution in [3.63, 3.8) is 0 Å². The molecule has 3 rings (SSSR count). The second kappa shape index (κ2) is 7.47. The molecule has 0 aliphatic rings. The Labute approximate surface area is 157 Å². The Kier molecular flexibility index (Phi) is 5.31. The van der Waals surface area contributed by atoms with Crippen LogP contribution in [0.4, 0.5) is 5.82 Å². The summed E-state index contributed by atoms with van der Waals surface area (Å²) in [5.41, 5.74) is 0.716. The third-order valence-corrected chi connectivity index (χ3v) is 4.62. The highest BCUT2D eigenvalue weighted by molar-refractivity contribution is 8.00. The Morgan fingerprint density at radius 1 is 1.36 bits per heavy atom. The van der Waals surface area contributed by atoms with Crippen molar-refractivity contribution in [3.05, 3.63) is 40.4 Å². The van der Waals surface area contributed by atoms with Gasteiger partial charge in [0.2, 0.25) is 5.91 Å². The lowest BCUT2D eigenvalue weighted by Gasteiger charge is -2.10. The summed E-state index contributed by atoms with van der Waals surface area (Å²) in [5, 5.41) is 10.9. The van der Waals surface area contributed by atoms with Crippen molar-refractivity contribution in [1.82, 2.24) is 15.2 Å². The molecule has 10 heteroatoms. The van der Waals surface area contributed by atoms with Gasteiger partial charge in [-0.25, -0.2) is 4.98 Å². The Bertz CT molecular complexity index is 912.